The van der Waals surface area contributed by atoms with Crippen molar-refractivity contribution in [1.29, 1.82) is 0 Å². The molecule has 0 saturated carbocycles. The molecule has 0 fully saturated rings. The highest BCUT2D eigenvalue weighted by molar-refractivity contribution is 7.13. The van der Waals surface area contributed by atoms with E-state index < -0.39 is 0 Å². The van der Waals surface area contributed by atoms with E-state index in [0.29, 0.717) is 12.0 Å². The second-order valence-corrected chi connectivity index (χ2v) is 8.22. The van der Waals surface area contributed by atoms with Crippen molar-refractivity contribution in [2.75, 3.05) is 13.1 Å². The summed E-state index contributed by atoms with van der Waals surface area (Å²) in [4.78, 5) is 15.9. The number of fused-ring (bicyclic) bond motifs is 1. The summed E-state index contributed by atoms with van der Waals surface area (Å²) in [6.45, 7) is 13.7. The first-order chi connectivity index (χ1) is 8.82. The van der Waals surface area contributed by atoms with E-state index in [4.69, 9.17) is 0 Å². The summed E-state index contributed by atoms with van der Waals surface area (Å²) in [7, 11) is 0. The third-order valence-corrected chi connectivity index (χ3v) is 4.82. The second kappa shape index (κ2) is 5.37. The van der Waals surface area contributed by atoms with Crippen LogP contribution in [0.1, 0.15) is 60.8 Å². The van der Waals surface area contributed by atoms with Crippen molar-refractivity contribution in [2.45, 2.75) is 47.1 Å². The smallest absolute Gasteiger partial charge is 0.160 e. The van der Waals surface area contributed by atoms with Gasteiger partial charge in [0.25, 0.3) is 0 Å². The molecule has 2 heterocycles. The van der Waals surface area contributed by atoms with Gasteiger partial charge < -0.3 is 0 Å². The molecule has 1 aromatic rings. The standard InChI is InChI=1S/C16H25NOS/c1-11(2)9-17-7-6-14-13(8-12(10-18)19-14)15(17)16(3,4)5/h8,10-11,15H,6-7,9H2,1-5H3. The van der Waals surface area contributed by atoms with Gasteiger partial charge in [-0.2, -0.15) is 0 Å². The highest BCUT2D eigenvalue weighted by atomic mass is 32.1. The van der Waals surface area contributed by atoms with E-state index in [9.17, 15) is 4.79 Å². The number of thiophene rings is 1. The van der Waals surface area contributed by atoms with E-state index in [1.807, 2.05) is 0 Å². The van der Waals surface area contributed by atoms with Gasteiger partial charge in [0.15, 0.2) is 6.29 Å². The number of hydrogen-bond acceptors (Lipinski definition) is 3. The molecule has 106 valence electrons. The Balaban J connectivity index is 2.39. The van der Waals surface area contributed by atoms with Crippen LogP contribution in [0.25, 0.3) is 0 Å². The zero-order valence-corrected chi connectivity index (χ0v) is 13.5. The monoisotopic (exact) mass is 279 g/mol. The Hall–Kier alpha value is -0.670. The molecule has 3 heteroatoms. The summed E-state index contributed by atoms with van der Waals surface area (Å²) < 4.78 is 0. The average Bonchev–Trinajstić information content (AvgIpc) is 2.68. The fourth-order valence-corrected chi connectivity index (χ4v) is 4.20. The zero-order chi connectivity index (χ0) is 14.2. The SMILES string of the molecule is CC(C)CN1CCc2sc(C=O)cc2C1C(C)(C)C. The van der Waals surface area contributed by atoms with E-state index in [2.05, 4.69) is 45.6 Å². The maximum atomic E-state index is 11.0. The average molecular weight is 279 g/mol. The normalized spacial score (nSPS) is 20.6. The summed E-state index contributed by atoms with van der Waals surface area (Å²) in [6, 6.07) is 2.55. The highest BCUT2D eigenvalue weighted by Gasteiger charge is 2.37. The minimum absolute atomic E-state index is 0.200. The molecule has 19 heavy (non-hydrogen) atoms. The molecule has 0 bridgehead atoms. The topological polar surface area (TPSA) is 20.3 Å². The van der Waals surface area contributed by atoms with Gasteiger partial charge in [-0.15, -0.1) is 11.3 Å². The van der Waals surface area contributed by atoms with Crippen molar-refractivity contribution < 1.29 is 4.79 Å². The van der Waals surface area contributed by atoms with E-state index >= 15 is 0 Å². The van der Waals surface area contributed by atoms with Crippen LogP contribution in [0, 0.1) is 11.3 Å². The van der Waals surface area contributed by atoms with E-state index in [1.165, 1.54) is 10.4 Å². The number of aldehydes is 1. The molecule has 1 atom stereocenters. The Bertz CT molecular complexity index is 456. The van der Waals surface area contributed by atoms with Crippen molar-refractivity contribution in [2.24, 2.45) is 11.3 Å². The molecule has 0 radical (unpaired) electrons. The molecule has 0 saturated heterocycles. The summed E-state index contributed by atoms with van der Waals surface area (Å²) in [5, 5.41) is 0. The summed E-state index contributed by atoms with van der Waals surface area (Å²) in [5.41, 5.74) is 1.59. The van der Waals surface area contributed by atoms with Crippen LogP contribution in [0.3, 0.4) is 0 Å². The van der Waals surface area contributed by atoms with Gasteiger partial charge in [0, 0.05) is 24.0 Å². The fraction of sp³-hybridized carbons (Fsp3) is 0.688. The first-order valence-corrected chi connectivity index (χ1v) is 7.96. The van der Waals surface area contributed by atoms with Crippen LogP contribution in [-0.2, 0) is 6.42 Å². The summed E-state index contributed by atoms with van der Waals surface area (Å²) >= 11 is 1.68. The van der Waals surface area contributed by atoms with Crippen LogP contribution < -0.4 is 0 Å². The predicted molar refractivity (Wildman–Crippen MR) is 82.0 cm³/mol. The fourth-order valence-electron chi connectivity index (χ4n) is 3.20. The van der Waals surface area contributed by atoms with E-state index in [1.54, 1.807) is 11.3 Å². The van der Waals surface area contributed by atoms with Gasteiger partial charge in [-0.05, 0) is 29.4 Å². The number of carbonyl (C=O) groups is 1. The third-order valence-electron chi connectivity index (χ3n) is 3.68. The minimum atomic E-state index is 0.200. The molecule has 0 N–H and O–H groups in total. The maximum absolute atomic E-state index is 11.0. The van der Waals surface area contributed by atoms with Crippen molar-refractivity contribution in [3.8, 4) is 0 Å². The number of nitrogens with zero attached hydrogens (tertiary/aromatic N) is 1. The molecule has 0 aromatic carbocycles. The van der Waals surface area contributed by atoms with Crippen molar-refractivity contribution in [1.82, 2.24) is 4.90 Å². The Labute approximate surface area is 120 Å². The van der Waals surface area contributed by atoms with Crippen LogP contribution in [0.4, 0.5) is 0 Å². The minimum Gasteiger partial charge on any atom is -0.297 e. The zero-order valence-electron chi connectivity index (χ0n) is 12.7. The number of hydrogen-bond donors (Lipinski definition) is 0. The molecule has 1 aliphatic rings. The van der Waals surface area contributed by atoms with Gasteiger partial charge in [0.1, 0.15) is 0 Å². The molecule has 0 amide bonds. The molecular weight excluding hydrogens is 254 g/mol. The Morgan fingerprint density at radius 1 is 1.47 bits per heavy atom. The molecule has 0 spiro atoms. The van der Waals surface area contributed by atoms with Gasteiger partial charge in [0.05, 0.1) is 4.88 Å². The molecule has 2 rings (SSSR count). The molecule has 2 nitrogen and oxygen atoms in total. The maximum Gasteiger partial charge on any atom is 0.160 e. The van der Waals surface area contributed by atoms with E-state index in [-0.39, 0.29) is 5.41 Å². The largest absolute Gasteiger partial charge is 0.297 e. The van der Waals surface area contributed by atoms with E-state index in [0.717, 1.165) is 30.7 Å². The predicted octanol–water partition coefficient (Wildman–Crippen LogP) is 4.16. The first kappa shape index (κ1) is 14.7. The van der Waals surface area contributed by atoms with Crippen LogP contribution >= 0.6 is 11.3 Å². The highest BCUT2D eigenvalue weighted by Crippen LogP contribution is 2.44. The van der Waals surface area contributed by atoms with Crippen molar-refractivity contribution >= 4 is 17.6 Å². The summed E-state index contributed by atoms with van der Waals surface area (Å²) in [6.07, 6.45) is 2.09. The van der Waals surface area contributed by atoms with Crippen molar-refractivity contribution in [3.63, 3.8) is 0 Å². The quantitative estimate of drug-likeness (QED) is 0.774. The van der Waals surface area contributed by atoms with Crippen LogP contribution in [0.15, 0.2) is 6.07 Å². The Morgan fingerprint density at radius 2 is 2.16 bits per heavy atom. The number of carbonyl (C=O) groups excluding carboxylic acids is 1. The van der Waals surface area contributed by atoms with Gasteiger partial charge in [-0.25, -0.2) is 0 Å². The van der Waals surface area contributed by atoms with Gasteiger partial charge in [0.2, 0.25) is 0 Å². The Morgan fingerprint density at radius 3 is 2.68 bits per heavy atom. The third kappa shape index (κ3) is 3.09. The second-order valence-electron chi connectivity index (χ2n) is 7.05. The van der Waals surface area contributed by atoms with Crippen molar-refractivity contribution in [3.05, 3.63) is 21.4 Å². The lowest BCUT2D eigenvalue weighted by Crippen LogP contribution is -2.43. The lowest BCUT2D eigenvalue weighted by molar-refractivity contribution is 0.0788. The first-order valence-electron chi connectivity index (χ1n) is 7.14. The summed E-state index contributed by atoms with van der Waals surface area (Å²) in [5.74, 6) is 0.676. The molecule has 1 aromatic heterocycles. The number of rotatable bonds is 3. The van der Waals surface area contributed by atoms with Crippen LogP contribution in [0.5, 0.6) is 0 Å². The molecular formula is C16H25NOS. The molecule has 1 aliphatic heterocycles. The van der Waals surface area contributed by atoms with Crippen LogP contribution in [0.2, 0.25) is 0 Å². The molecule has 1 unspecified atom stereocenters. The van der Waals surface area contributed by atoms with Gasteiger partial charge in [-0.3, -0.25) is 9.69 Å². The lowest BCUT2D eigenvalue weighted by Gasteiger charge is -2.44. The lowest BCUT2D eigenvalue weighted by atomic mass is 9.79. The Kier molecular flexibility index (Phi) is 4.17. The van der Waals surface area contributed by atoms with Crippen LogP contribution in [-0.4, -0.2) is 24.3 Å². The van der Waals surface area contributed by atoms with Gasteiger partial charge >= 0.3 is 0 Å². The van der Waals surface area contributed by atoms with Gasteiger partial charge in [-0.1, -0.05) is 34.6 Å². The molecule has 0 aliphatic carbocycles.